The van der Waals surface area contributed by atoms with E-state index < -0.39 is 23.9 Å². The summed E-state index contributed by atoms with van der Waals surface area (Å²) in [5.74, 6) is -3.03. The molecule has 0 rings (SSSR count). The Morgan fingerprint density at radius 1 is 0.722 bits per heavy atom. The van der Waals surface area contributed by atoms with Gasteiger partial charge in [-0.2, -0.15) is 0 Å². The van der Waals surface area contributed by atoms with Gasteiger partial charge in [-0.25, -0.2) is 9.59 Å². The maximum absolute atomic E-state index is 9.89. The second-order valence-electron chi connectivity index (χ2n) is 2.26. The molecule has 0 heterocycles. The Kier molecular flexibility index (Phi) is 24.9. The first kappa shape index (κ1) is 25.3. The van der Waals surface area contributed by atoms with E-state index in [1.807, 2.05) is 0 Å². The standard InChI is InChI=1S/C4H6O5.2C2H4O2.Cu/c1-3(5)7-9-8-4(2)6;2*1-2(3)4;/h1-2H3;2*1H3,(H,3,4);. The molecule has 0 spiro atoms. The fourth-order valence-corrected chi connectivity index (χ4v) is 0.113. The minimum absolute atomic E-state index is 0. The van der Waals surface area contributed by atoms with Crippen molar-refractivity contribution >= 4 is 23.9 Å². The van der Waals surface area contributed by atoms with Gasteiger partial charge in [0.15, 0.2) is 0 Å². The minimum atomic E-state index is -0.833. The zero-order valence-electron chi connectivity index (χ0n) is 10.1. The first-order valence-electron chi connectivity index (χ1n) is 4.01. The Bertz CT molecular complexity index is 229. The van der Waals surface area contributed by atoms with Crippen LogP contribution in [-0.4, -0.2) is 34.1 Å². The normalized spacial score (nSPS) is 6.89. The van der Waals surface area contributed by atoms with Crippen molar-refractivity contribution in [1.29, 1.82) is 0 Å². The fourth-order valence-electron chi connectivity index (χ4n) is 0.113. The van der Waals surface area contributed by atoms with E-state index in [-0.39, 0.29) is 17.1 Å². The molecule has 0 amide bonds. The molecule has 10 heteroatoms. The van der Waals surface area contributed by atoms with Crippen LogP contribution in [0.15, 0.2) is 0 Å². The van der Waals surface area contributed by atoms with Gasteiger partial charge in [0.2, 0.25) is 0 Å². The van der Waals surface area contributed by atoms with Gasteiger partial charge in [-0.3, -0.25) is 19.4 Å². The smallest absolute Gasteiger partial charge is 0.343 e. The fraction of sp³-hybridized carbons (Fsp3) is 0.500. The van der Waals surface area contributed by atoms with Crippen LogP contribution in [0.1, 0.15) is 27.7 Å². The third kappa shape index (κ3) is 135. The van der Waals surface area contributed by atoms with Crippen molar-refractivity contribution in [3.63, 3.8) is 0 Å². The van der Waals surface area contributed by atoms with Crippen molar-refractivity contribution in [2.24, 2.45) is 0 Å². The molecule has 0 aliphatic carbocycles. The van der Waals surface area contributed by atoms with E-state index in [9.17, 15) is 9.59 Å². The van der Waals surface area contributed by atoms with Crippen molar-refractivity contribution in [3.05, 3.63) is 0 Å². The largest absolute Gasteiger partial charge is 0.481 e. The van der Waals surface area contributed by atoms with Gasteiger partial charge in [0.1, 0.15) is 0 Å². The van der Waals surface area contributed by atoms with E-state index >= 15 is 0 Å². The van der Waals surface area contributed by atoms with Gasteiger partial charge in [-0.15, -0.1) is 0 Å². The predicted octanol–water partition coefficient (Wildman–Crippen LogP) is 0.138. The van der Waals surface area contributed by atoms with Gasteiger partial charge < -0.3 is 10.2 Å². The third-order valence-electron chi connectivity index (χ3n) is 0.303. The summed E-state index contributed by atoms with van der Waals surface area (Å²) in [6.07, 6.45) is 0. The van der Waals surface area contributed by atoms with Crippen LogP contribution in [0.4, 0.5) is 0 Å². The summed E-state index contributed by atoms with van der Waals surface area (Å²) in [6, 6.07) is 0. The first-order valence-corrected chi connectivity index (χ1v) is 4.01. The van der Waals surface area contributed by atoms with Crippen LogP contribution in [0.25, 0.3) is 0 Å². The number of rotatable bonds is 2. The maximum atomic E-state index is 9.89. The molecular weight excluding hydrogens is 304 g/mol. The second kappa shape index (κ2) is 17.7. The van der Waals surface area contributed by atoms with E-state index in [1.54, 1.807) is 0 Å². The van der Waals surface area contributed by atoms with Crippen LogP contribution in [0, 0.1) is 0 Å². The Morgan fingerprint density at radius 3 is 1.00 bits per heavy atom. The summed E-state index contributed by atoms with van der Waals surface area (Å²) in [5.41, 5.74) is 0. The van der Waals surface area contributed by atoms with Crippen LogP contribution < -0.4 is 0 Å². The molecule has 2 N–H and O–H groups in total. The SMILES string of the molecule is CC(=O)O.CC(=O)O.CC(=O)OOOC(C)=O.[Cu]. The maximum Gasteiger partial charge on any atom is 0.343 e. The summed E-state index contributed by atoms with van der Waals surface area (Å²) < 4.78 is 0. The zero-order chi connectivity index (χ0) is 14.4. The molecule has 1 radical (unpaired) electrons. The van der Waals surface area contributed by atoms with Gasteiger partial charge >= 0.3 is 11.9 Å². The van der Waals surface area contributed by atoms with Crippen LogP contribution in [0.3, 0.4) is 0 Å². The Balaban J connectivity index is -0.0000000922. The van der Waals surface area contributed by atoms with Crippen LogP contribution in [-0.2, 0) is 51.1 Å². The molecule has 0 unspecified atom stereocenters. The van der Waals surface area contributed by atoms with Crippen molar-refractivity contribution in [2.75, 3.05) is 0 Å². The van der Waals surface area contributed by atoms with E-state index in [1.165, 1.54) is 0 Å². The van der Waals surface area contributed by atoms with Crippen molar-refractivity contribution in [2.45, 2.75) is 27.7 Å². The Labute approximate surface area is 113 Å². The Hall–Kier alpha value is -1.64. The van der Waals surface area contributed by atoms with Gasteiger partial charge in [0.05, 0.1) is 0 Å². The average Bonchev–Trinajstić information content (AvgIpc) is 1.99. The molecule has 0 aromatic rings. The molecule has 0 aliphatic rings. The second-order valence-corrected chi connectivity index (χ2v) is 2.26. The van der Waals surface area contributed by atoms with Crippen molar-refractivity contribution in [3.8, 4) is 0 Å². The van der Waals surface area contributed by atoms with E-state index in [0.29, 0.717) is 0 Å². The van der Waals surface area contributed by atoms with Gasteiger partial charge in [-0.05, 0) is 0 Å². The van der Waals surface area contributed by atoms with Gasteiger partial charge in [0, 0.05) is 49.8 Å². The summed E-state index contributed by atoms with van der Waals surface area (Å²) >= 11 is 0. The number of carbonyl (C=O) groups is 4. The molecule has 18 heavy (non-hydrogen) atoms. The van der Waals surface area contributed by atoms with Crippen molar-refractivity contribution < 1.29 is 61.3 Å². The molecule has 111 valence electrons. The minimum Gasteiger partial charge on any atom is -0.481 e. The number of carboxylic acid groups (broad SMARTS) is 2. The molecule has 0 aromatic heterocycles. The third-order valence-corrected chi connectivity index (χ3v) is 0.303. The van der Waals surface area contributed by atoms with E-state index in [2.05, 4.69) is 14.8 Å². The number of carbonyl (C=O) groups excluding carboxylic acids is 2. The monoisotopic (exact) mass is 317 g/mol. The molecule has 0 saturated carbocycles. The molecule has 0 aliphatic heterocycles. The topological polar surface area (TPSA) is 136 Å². The summed E-state index contributed by atoms with van der Waals surface area (Å²) in [4.78, 5) is 45.3. The number of hydrogen-bond acceptors (Lipinski definition) is 7. The molecular formula is C8H14CuO9. The number of carboxylic acids is 2. The summed E-state index contributed by atoms with van der Waals surface area (Å²) in [6.45, 7) is 4.40. The molecule has 0 bridgehead atoms. The molecule has 0 atom stereocenters. The van der Waals surface area contributed by atoms with Crippen LogP contribution in [0.5, 0.6) is 0 Å². The first-order chi connectivity index (χ1) is 7.59. The van der Waals surface area contributed by atoms with Crippen molar-refractivity contribution in [1.82, 2.24) is 0 Å². The average molecular weight is 318 g/mol. The number of hydrogen-bond donors (Lipinski definition) is 2. The molecule has 0 saturated heterocycles. The molecule has 9 nitrogen and oxygen atoms in total. The van der Waals surface area contributed by atoms with E-state index in [0.717, 1.165) is 27.7 Å². The Morgan fingerprint density at radius 2 is 0.889 bits per heavy atom. The summed E-state index contributed by atoms with van der Waals surface area (Å²) in [5, 5.41) is 18.5. The molecule has 0 aromatic carbocycles. The van der Waals surface area contributed by atoms with Crippen LogP contribution >= 0.6 is 0 Å². The summed E-state index contributed by atoms with van der Waals surface area (Å²) in [7, 11) is 0. The zero-order valence-corrected chi connectivity index (χ0v) is 11.0. The quantitative estimate of drug-likeness (QED) is 0.413. The van der Waals surface area contributed by atoms with Gasteiger partial charge in [0.25, 0.3) is 11.9 Å². The van der Waals surface area contributed by atoms with Crippen LogP contribution in [0.2, 0.25) is 0 Å². The van der Waals surface area contributed by atoms with Gasteiger partial charge in [-0.1, -0.05) is 0 Å². The number of aliphatic carboxylic acids is 2. The van der Waals surface area contributed by atoms with E-state index in [4.69, 9.17) is 19.8 Å². The predicted molar refractivity (Wildman–Crippen MR) is 51.2 cm³/mol. The molecule has 0 fully saturated rings.